The highest BCUT2D eigenvalue weighted by Gasteiger charge is 2.45. The summed E-state index contributed by atoms with van der Waals surface area (Å²) in [5, 5.41) is 11.0. The highest BCUT2D eigenvalue weighted by atomic mass is 16.5. The Bertz CT molecular complexity index is 966. The molecule has 2 saturated heterocycles. The number of ether oxygens (including phenoxy) is 1. The van der Waals surface area contributed by atoms with E-state index in [1.54, 1.807) is 29.4 Å². The van der Waals surface area contributed by atoms with Gasteiger partial charge in [-0.25, -0.2) is 0 Å². The van der Waals surface area contributed by atoms with Crippen molar-refractivity contribution in [2.45, 2.75) is 19.4 Å². The van der Waals surface area contributed by atoms with E-state index in [0.29, 0.717) is 12.1 Å². The molecule has 2 fully saturated rings. The Morgan fingerprint density at radius 1 is 1.06 bits per heavy atom. The van der Waals surface area contributed by atoms with Gasteiger partial charge in [-0.1, -0.05) is 29.8 Å². The number of likely N-dealkylation sites (tertiary alicyclic amines) is 1. The standard InChI is InChI=1S/C24H27N3O4/c1-17-3-5-18(6-4-17)21-20(22(28)19-7-9-25-10-8-19)23(29)24(30)27(21)12-2-11-26-13-15-31-16-14-26/h3-10,21,28H,2,11-16H2,1H3/b22-20+. The third kappa shape index (κ3) is 4.52. The summed E-state index contributed by atoms with van der Waals surface area (Å²) in [5.74, 6) is -1.38. The third-order valence-corrected chi connectivity index (χ3v) is 5.86. The first-order valence-electron chi connectivity index (χ1n) is 10.6. The number of pyridine rings is 1. The Labute approximate surface area is 182 Å². The number of aryl methyl sites for hydroxylation is 1. The SMILES string of the molecule is Cc1ccc(C2/C(=C(\O)c3ccncc3)C(=O)C(=O)N2CCCN2CCOCC2)cc1. The first-order valence-corrected chi connectivity index (χ1v) is 10.6. The van der Waals surface area contributed by atoms with Gasteiger partial charge in [0.05, 0.1) is 24.8 Å². The zero-order valence-electron chi connectivity index (χ0n) is 17.7. The minimum absolute atomic E-state index is 0.131. The highest BCUT2D eigenvalue weighted by molar-refractivity contribution is 6.46. The van der Waals surface area contributed by atoms with Gasteiger partial charge in [-0.3, -0.25) is 19.5 Å². The molecule has 2 aromatic rings. The number of ketones is 1. The zero-order valence-corrected chi connectivity index (χ0v) is 17.7. The van der Waals surface area contributed by atoms with Gasteiger partial charge in [-0.05, 0) is 31.0 Å². The number of aliphatic hydroxyl groups is 1. The molecule has 7 heteroatoms. The van der Waals surface area contributed by atoms with Crippen LogP contribution in [0, 0.1) is 6.92 Å². The summed E-state index contributed by atoms with van der Waals surface area (Å²) in [5.41, 5.74) is 2.50. The van der Waals surface area contributed by atoms with Crippen molar-refractivity contribution in [1.82, 2.24) is 14.8 Å². The molecule has 1 aromatic carbocycles. The van der Waals surface area contributed by atoms with Gasteiger partial charge in [0.1, 0.15) is 5.76 Å². The molecule has 1 atom stereocenters. The van der Waals surface area contributed by atoms with Crippen molar-refractivity contribution in [3.05, 3.63) is 71.1 Å². The molecule has 2 aliphatic heterocycles. The summed E-state index contributed by atoms with van der Waals surface area (Å²) in [6.45, 7) is 6.45. The molecule has 0 spiro atoms. The van der Waals surface area contributed by atoms with Gasteiger partial charge < -0.3 is 14.7 Å². The minimum Gasteiger partial charge on any atom is -0.507 e. The van der Waals surface area contributed by atoms with Gasteiger partial charge in [0.25, 0.3) is 11.7 Å². The number of Topliss-reactive ketones (excluding diaryl/α,β-unsaturated/α-hetero) is 1. The minimum atomic E-state index is -0.647. The lowest BCUT2D eigenvalue weighted by molar-refractivity contribution is -0.140. The lowest BCUT2D eigenvalue weighted by Gasteiger charge is -2.29. The van der Waals surface area contributed by atoms with Crippen LogP contribution in [0.4, 0.5) is 0 Å². The summed E-state index contributed by atoms with van der Waals surface area (Å²) in [6, 6.07) is 10.4. The molecule has 3 heterocycles. The summed E-state index contributed by atoms with van der Waals surface area (Å²) in [6.07, 6.45) is 3.84. The van der Waals surface area contributed by atoms with Gasteiger partial charge in [0, 0.05) is 44.1 Å². The van der Waals surface area contributed by atoms with Crippen LogP contribution < -0.4 is 0 Å². The van der Waals surface area contributed by atoms with Crippen LogP contribution in [0.2, 0.25) is 0 Å². The summed E-state index contributed by atoms with van der Waals surface area (Å²) in [7, 11) is 0. The van der Waals surface area contributed by atoms with Crippen LogP contribution in [0.1, 0.15) is 29.2 Å². The Kier molecular flexibility index (Phi) is 6.44. The Morgan fingerprint density at radius 3 is 2.42 bits per heavy atom. The van der Waals surface area contributed by atoms with Crippen molar-refractivity contribution >= 4 is 17.4 Å². The molecule has 0 bridgehead atoms. The van der Waals surface area contributed by atoms with Crippen molar-refractivity contribution < 1.29 is 19.4 Å². The molecule has 0 saturated carbocycles. The zero-order chi connectivity index (χ0) is 21.8. The number of carbonyl (C=O) groups excluding carboxylic acids is 2. The molecule has 0 aliphatic carbocycles. The smallest absolute Gasteiger partial charge is 0.295 e. The van der Waals surface area contributed by atoms with Crippen molar-refractivity contribution in [3.8, 4) is 0 Å². The number of morpholine rings is 1. The van der Waals surface area contributed by atoms with Crippen molar-refractivity contribution in [3.63, 3.8) is 0 Å². The lowest BCUT2D eigenvalue weighted by Crippen LogP contribution is -2.38. The predicted molar refractivity (Wildman–Crippen MR) is 116 cm³/mol. The molecular weight excluding hydrogens is 394 g/mol. The fourth-order valence-corrected chi connectivity index (χ4v) is 4.16. The number of hydrogen-bond acceptors (Lipinski definition) is 6. The van der Waals surface area contributed by atoms with Gasteiger partial charge in [0.15, 0.2) is 0 Å². The van der Waals surface area contributed by atoms with Crippen LogP contribution in [0.5, 0.6) is 0 Å². The second-order valence-electron chi connectivity index (χ2n) is 7.95. The molecule has 2 aliphatic rings. The topological polar surface area (TPSA) is 83.0 Å². The second kappa shape index (κ2) is 9.41. The largest absolute Gasteiger partial charge is 0.507 e. The van der Waals surface area contributed by atoms with Crippen LogP contribution in [-0.2, 0) is 14.3 Å². The maximum atomic E-state index is 13.0. The molecule has 162 valence electrons. The van der Waals surface area contributed by atoms with Crippen LogP contribution in [0.25, 0.3) is 5.76 Å². The summed E-state index contributed by atoms with van der Waals surface area (Å²) >= 11 is 0. The van der Waals surface area contributed by atoms with E-state index in [2.05, 4.69) is 9.88 Å². The van der Waals surface area contributed by atoms with E-state index >= 15 is 0 Å². The van der Waals surface area contributed by atoms with Gasteiger partial charge >= 0.3 is 0 Å². The summed E-state index contributed by atoms with van der Waals surface area (Å²) < 4.78 is 5.39. The number of nitrogens with zero attached hydrogens (tertiary/aromatic N) is 3. The molecule has 1 amide bonds. The maximum absolute atomic E-state index is 13.0. The van der Waals surface area contributed by atoms with E-state index < -0.39 is 17.7 Å². The third-order valence-electron chi connectivity index (χ3n) is 5.86. The number of amides is 1. The fraction of sp³-hybridized carbons (Fsp3) is 0.375. The average Bonchev–Trinajstić information content (AvgIpc) is 3.05. The van der Waals surface area contributed by atoms with Crippen molar-refractivity contribution in [2.75, 3.05) is 39.4 Å². The van der Waals surface area contributed by atoms with Crippen molar-refractivity contribution in [1.29, 1.82) is 0 Å². The first-order chi connectivity index (χ1) is 15.1. The molecule has 1 N–H and O–H groups in total. The van der Waals surface area contributed by atoms with Crippen molar-refractivity contribution in [2.24, 2.45) is 0 Å². The normalized spacial score (nSPS) is 21.6. The molecule has 1 aromatic heterocycles. The van der Waals surface area contributed by atoms with Crippen LogP contribution in [0.3, 0.4) is 0 Å². The molecule has 31 heavy (non-hydrogen) atoms. The Hall–Kier alpha value is -3.03. The molecule has 4 rings (SSSR count). The van der Waals surface area contributed by atoms with E-state index in [-0.39, 0.29) is 11.3 Å². The van der Waals surface area contributed by atoms with Gasteiger partial charge in [0.2, 0.25) is 0 Å². The van der Waals surface area contributed by atoms with E-state index in [1.165, 1.54) is 0 Å². The first kappa shape index (κ1) is 21.2. The van der Waals surface area contributed by atoms with Crippen LogP contribution in [0.15, 0.2) is 54.4 Å². The molecular formula is C24H27N3O4. The second-order valence-corrected chi connectivity index (χ2v) is 7.95. The number of carbonyl (C=O) groups is 2. The van der Waals surface area contributed by atoms with E-state index in [0.717, 1.165) is 50.4 Å². The van der Waals surface area contributed by atoms with Gasteiger partial charge in [-0.15, -0.1) is 0 Å². The molecule has 0 radical (unpaired) electrons. The van der Waals surface area contributed by atoms with E-state index in [4.69, 9.17) is 4.74 Å². The number of rotatable bonds is 6. The van der Waals surface area contributed by atoms with Gasteiger partial charge in [-0.2, -0.15) is 0 Å². The average molecular weight is 421 g/mol. The number of hydrogen-bond donors (Lipinski definition) is 1. The fourth-order valence-electron chi connectivity index (χ4n) is 4.16. The summed E-state index contributed by atoms with van der Waals surface area (Å²) in [4.78, 5) is 33.8. The highest BCUT2D eigenvalue weighted by Crippen LogP contribution is 2.39. The Balaban J connectivity index is 1.65. The monoisotopic (exact) mass is 421 g/mol. The Morgan fingerprint density at radius 2 is 1.74 bits per heavy atom. The number of aromatic nitrogens is 1. The van der Waals surface area contributed by atoms with Crippen LogP contribution in [-0.4, -0.2) is 71.0 Å². The molecule has 1 unspecified atom stereocenters. The number of benzene rings is 1. The number of aliphatic hydroxyl groups excluding tert-OH is 1. The van der Waals surface area contributed by atoms with Crippen LogP contribution >= 0.6 is 0 Å². The quantitative estimate of drug-likeness (QED) is 0.439. The lowest BCUT2D eigenvalue weighted by atomic mass is 9.95. The predicted octanol–water partition coefficient (Wildman–Crippen LogP) is 2.53. The maximum Gasteiger partial charge on any atom is 0.295 e. The molecule has 7 nitrogen and oxygen atoms in total. The van der Waals surface area contributed by atoms with E-state index in [1.807, 2.05) is 31.2 Å². The van der Waals surface area contributed by atoms with E-state index in [9.17, 15) is 14.7 Å².